The maximum atomic E-state index is 11.9. The van der Waals surface area contributed by atoms with E-state index in [0.717, 1.165) is 4.57 Å². The lowest BCUT2D eigenvalue weighted by Crippen LogP contribution is -2.41. The summed E-state index contributed by atoms with van der Waals surface area (Å²) in [6.07, 6.45) is 0. The van der Waals surface area contributed by atoms with Crippen molar-refractivity contribution in [2.45, 2.75) is 6.67 Å². The highest BCUT2D eigenvalue weighted by atomic mass is 16.3. The average molecular weight is 221 g/mol. The normalized spacial score (nSPS) is 10.9. The van der Waals surface area contributed by atoms with Crippen molar-refractivity contribution in [1.82, 2.24) is 9.13 Å². The molecule has 0 fully saturated rings. The van der Waals surface area contributed by atoms with E-state index in [0.29, 0.717) is 5.52 Å². The summed E-state index contributed by atoms with van der Waals surface area (Å²) < 4.78 is 2.16. The van der Waals surface area contributed by atoms with Crippen LogP contribution in [0.4, 0.5) is 0 Å². The van der Waals surface area contributed by atoms with Crippen molar-refractivity contribution in [3.8, 4) is 5.75 Å². The Hall–Kier alpha value is -2.08. The highest BCUT2D eigenvalue weighted by Gasteiger charge is 2.12. The standard InChI is InChI=1S/C10H11N3O3/c1-12-6-3-2-4-7(14)8(6)9(15)13(5-11)10(12)16/h2-4,14H,5,11H2,1H3. The zero-order valence-electron chi connectivity index (χ0n) is 8.67. The molecule has 0 amide bonds. The molecule has 6 heteroatoms. The maximum absolute atomic E-state index is 11.9. The molecule has 0 saturated heterocycles. The first kappa shape index (κ1) is 10.4. The van der Waals surface area contributed by atoms with Crippen LogP contribution in [0.3, 0.4) is 0 Å². The van der Waals surface area contributed by atoms with Gasteiger partial charge in [0.25, 0.3) is 5.56 Å². The summed E-state index contributed by atoms with van der Waals surface area (Å²) in [4.78, 5) is 23.6. The first-order valence-corrected chi connectivity index (χ1v) is 4.69. The monoisotopic (exact) mass is 221 g/mol. The van der Waals surface area contributed by atoms with Crippen LogP contribution in [0, 0.1) is 0 Å². The molecule has 0 aliphatic rings. The number of phenolic OH excluding ortho intramolecular Hbond substituents is 1. The van der Waals surface area contributed by atoms with E-state index in [2.05, 4.69) is 0 Å². The van der Waals surface area contributed by atoms with E-state index >= 15 is 0 Å². The van der Waals surface area contributed by atoms with Gasteiger partial charge in [-0.05, 0) is 12.1 Å². The van der Waals surface area contributed by atoms with Gasteiger partial charge in [-0.1, -0.05) is 6.07 Å². The molecule has 6 nitrogen and oxygen atoms in total. The summed E-state index contributed by atoms with van der Waals surface area (Å²) in [5.41, 5.74) is 4.65. The molecule has 3 N–H and O–H groups in total. The van der Waals surface area contributed by atoms with Crippen LogP contribution >= 0.6 is 0 Å². The number of phenols is 1. The minimum atomic E-state index is -0.571. The van der Waals surface area contributed by atoms with Gasteiger partial charge in [0.1, 0.15) is 11.1 Å². The number of hydrogen-bond donors (Lipinski definition) is 2. The van der Waals surface area contributed by atoms with Crippen LogP contribution in [0.15, 0.2) is 27.8 Å². The molecule has 0 aliphatic heterocycles. The second kappa shape index (κ2) is 3.49. The van der Waals surface area contributed by atoms with Gasteiger partial charge in [-0.2, -0.15) is 0 Å². The fraction of sp³-hybridized carbons (Fsp3) is 0.200. The van der Waals surface area contributed by atoms with Gasteiger partial charge in [0, 0.05) is 7.05 Å². The number of fused-ring (bicyclic) bond motifs is 1. The Morgan fingerprint density at radius 1 is 1.38 bits per heavy atom. The molecule has 2 aromatic rings. The molecule has 0 atom stereocenters. The van der Waals surface area contributed by atoms with Crippen molar-refractivity contribution >= 4 is 10.9 Å². The average Bonchev–Trinajstić information content (AvgIpc) is 2.26. The number of hydrogen-bond acceptors (Lipinski definition) is 4. The molecule has 0 aliphatic carbocycles. The number of aryl methyl sites for hydroxylation is 1. The maximum Gasteiger partial charge on any atom is 0.332 e. The zero-order chi connectivity index (χ0) is 11.9. The highest BCUT2D eigenvalue weighted by Crippen LogP contribution is 2.18. The molecule has 16 heavy (non-hydrogen) atoms. The Kier molecular flexibility index (Phi) is 2.28. The Morgan fingerprint density at radius 3 is 2.69 bits per heavy atom. The fourth-order valence-electron chi connectivity index (χ4n) is 1.69. The second-order valence-electron chi connectivity index (χ2n) is 3.43. The third-order valence-electron chi connectivity index (χ3n) is 2.54. The van der Waals surface area contributed by atoms with Crippen molar-refractivity contribution in [3.05, 3.63) is 39.0 Å². The van der Waals surface area contributed by atoms with Crippen molar-refractivity contribution in [3.63, 3.8) is 0 Å². The lowest BCUT2D eigenvalue weighted by molar-refractivity contribution is 0.479. The predicted molar refractivity (Wildman–Crippen MR) is 59.3 cm³/mol. The van der Waals surface area contributed by atoms with Crippen molar-refractivity contribution in [1.29, 1.82) is 0 Å². The number of benzene rings is 1. The molecule has 0 spiro atoms. The van der Waals surface area contributed by atoms with Crippen LogP contribution in [0.1, 0.15) is 0 Å². The third kappa shape index (κ3) is 1.24. The molecule has 1 aromatic carbocycles. The van der Waals surface area contributed by atoms with Crippen molar-refractivity contribution in [2.75, 3.05) is 0 Å². The molecule has 0 unspecified atom stereocenters. The van der Waals surface area contributed by atoms with E-state index in [1.54, 1.807) is 12.1 Å². The smallest absolute Gasteiger partial charge is 0.332 e. The van der Waals surface area contributed by atoms with Gasteiger partial charge in [0.05, 0.1) is 12.2 Å². The molecular formula is C10H11N3O3. The first-order valence-electron chi connectivity index (χ1n) is 4.69. The number of nitrogens with two attached hydrogens (primary N) is 1. The van der Waals surface area contributed by atoms with E-state index in [4.69, 9.17) is 5.73 Å². The lowest BCUT2D eigenvalue weighted by Gasteiger charge is -2.09. The van der Waals surface area contributed by atoms with Gasteiger partial charge in [-0.15, -0.1) is 0 Å². The van der Waals surface area contributed by atoms with E-state index in [9.17, 15) is 14.7 Å². The summed E-state index contributed by atoms with van der Waals surface area (Å²) in [6, 6.07) is 4.57. The van der Waals surface area contributed by atoms with E-state index in [-0.39, 0.29) is 17.8 Å². The number of aromatic nitrogens is 2. The SMILES string of the molecule is Cn1c(=O)n(CN)c(=O)c2c(O)cccc21. The minimum Gasteiger partial charge on any atom is -0.507 e. The lowest BCUT2D eigenvalue weighted by atomic mass is 10.2. The topological polar surface area (TPSA) is 90.3 Å². The van der Waals surface area contributed by atoms with Crippen molar-refractivity contribution < 1.29 is 5.11 Å². The first-order chi connectivity index (χ1) is 7.57. The van der Waals surface area contributed by atoms with E-state index < -0.39 is 11.2 Å². The Bertz CT molecular complexity index is 669. The van der Waals surface area contributed by atoms with Gasteiger partial charge in [0.15, 0.2) is 0 Å². The predicted octanol–water partition coefficient (Wildman–Crippen LogP) is -0.678. The molecule has 0 bridgehead atoms. The van der Waals surface area contributed by atoms with E-state index in [1.165, 1.54) is 17.7 Å². The summed E-state index contributed by atoms with van der Waals surface area (Å²) in [5, 5.41) is 9.72. The van der Waals surface area contributed by atoms with Gasteiger partial charge < -0.3 is 10.8 Å². The van der Waals surface area contributed by atoms with Gasteiger partial charge in [-0.3, -0.25) is 9.36 Å². The Morgan fingerprint density at radius 2 is 2.06 bits per heavy atom. The quantitative estimate of drug-likeness (QED) is 0.667. The molecule has 0 radical (unpaired) electrons. The fourth-order valence-corrected chi connectivity index (χ4v) is 1.69. The van der Waals surface area contributed by atoms with Crippen LogP contribution in [0.25, 0.3) is 10.9 Å². The molecular weight excluding hydrogens is 210 g/mol. The number of nitrogens with zero attached hydrogens (tertiary/aromatic N) is 2. The molecule has 1 heterocycles. The zero-order valence-corrected chi connectivity index (χ0v) is 8.67. The van der Waals surface area contributed by atoms with Gasteiger partial charge in [-0.25, -0.2) is 9.36 Å². The third-order valence-corrected chi connectivity index (χ3v) is 2.54. The van der Waals surface area contributed by atoms with Crippen LogP contribution < -0.4 is 17.0 Å². The minimum absolute atomic E-state index is 0.107. The Labute approximate surface area is 90.2 Å². The van der Waals surface area contributed by atoms with Gasteiger partial charge >= 0.3 is 5.69 Å². The van der Waals surface area contributed by atoms with E-state index in [1.807, 2.05) is 0 Å². The number of rotatable bonds is 1. The van der Waals surface area contributed by atoms with Gasteiger partial charge in [0.2, 0.25) is 0 Å². The largest absolute Gasteiger partial charge is 0.507 e. The molecule has 0 saturated carbocycles. The van der Waals surface area contributed by atoms with Crippen LogP contribution in [0.2, 0.25) is 0 Å². The molecule has 84 valence electrons. The highest BCUT2D eigenvalue weighted by molar-refractivity contribution is 5.84. The number of aromatic hydroxyl groups is 1. The Balaban J connectivity index is 3.16. The second-order valence-corrected chi connectivity index (χ2v) is 3.43. The summed E-state index contributed by atoms with van der Waals surface area (Å²) in [6.45, 7) is -0.213. The summed E-state index contributed by atoms with van der Waals surface area (Å²) in [5.74, 6) is -0.152. The summed E-state index contributed by atoms with van der Waals surface area (Å²) >= 11 is 0. The molecule has 2 rings (SSSR count). The van der Waals surface area contributed by atoms with Crippen molar-refractivity contribution in [2.24, 2.45) is 12.8 Å². The van der Waals surface area contributed by atoms with Crippen LogP contribution in [-0.2, 0) is 13.7 Å². The summed E-state index contributed by atoms with van der Waals surface area (Å²) in [7, 11) is 1.52. The molecule has 1 aromatic heterocycles. The van der Waals surface area contributed by atoms with Crippen LogP contribution in [0.5, 0.6) is 5.75 Å². The van der Waals surface area contributed by atoms with Crippen LogP contribution in [-0.4, -0.2) is 14.2 Å².